The number of hydrogen-bond acceptors (Lipinski definition) is 5. The number of anilines is 3. The second-order valence-electron chi connectivity index (χ2n) is 7.01. The Labute approximate surface area is 150 Å². The number of benzene rings is 2. The molecule has 0 aliphatic carbocycles. The molecule has 0 bridgehead atoms. The van der Waals surface area contributed by atoms with Crippen molar-refractivity contribution in [1.82, 2.24) is 0 Å². The quantitative estimate of drug-likeness (QED) is 0.676. The van der Waals surface area contributed by atoms with Crippen LogP contribution in [0.25, 0.3) is 0 Å². The van der Waals surface area contributed by atoms with Gasteiger partial charge in [0.2, 0.25) is 5.91 Å². The Balaban J connectivity index is 1.69. The minimum Gasteiger partial charge on any atom is -0.496 e. The second-order valence-corrected chi connectivity index (χ2v) is 7.01. The van der Waals surface area contributed by atoms with Gasteiger partial charge in [-0.3, -0.25) is 4.79 Å². The second kappa shape index (κ2) is 5.39. The van der Waals surface area contributed by atoms with Gasteiger partial charge in [-0.15, -0.1) is 0 Å². The molecule has 4 N–H and O–H groups in total. The molecule has 0 fully saturated rings. The highest BCUT2D eigenvalue weighted by atomic mass is 16.5. The van der Waals surface area contributed by atoms with E-state index in [2.05, 4.69) is 16.0 Å². The molecule has 7 heteroatoms. The van der Waals surface area contributed by atoms with Crippen molar-refractivity contribution < 1.29 is 19.4 Å². The Morgan fingerprint density at radius 1 is 1.12 bits per heavy atom. The van der Waals surface area contributed by atoms with Gasteiger partial charge >= 0.3 is 5.97 Å². The highest BCUT2D eigenvalue weighted by molar-refractivity contribution is 6.07. The lowest BCUT2D eigenvalue weighted by molar-refractivity contribution is -0.119. The number of nitrogens with one attached hydrogen (secondary N) is 3. The van der Waals surface area contributed by atoms with Gasteiger partial charge in [-0.25, -0.2) is 4.79 Å². The summed E-state index contributed by atoms with van der Waals surface area (Å²) >= 11 is 0. The van der Waals surface area contributed by atoms with Crippen LogP contribution >= 0.6 is 0 Å². The lowest BCUT2D eigenvalue weighted by atomic mass is 9.86. The number of aromatic carboxylic acids is 1. The first kappa shape index (κ1) is 16.3. The fourth-order valence-electron chi connectivity index (χ4n) is 3.45. The van der Waals surface area contributed by atoms with E-state index in [4.69, 9.17) is 9.84 Å². The zero-order chi connectivity index (χ0) is 18.6. The predicted molar refractivity (Wildman–Crippen MR) is 98.0 cm³/mol. The Bertz CT molecular complexity index is 952. The molecular weight excluding hydrogens is 334 g/mol. The number of ether oxygens (including phenoxy) is 1. The third kappa shape index (κ3) is 2.28. The van der Waals surface area contributed by atoms with Crippen LogP contribution in [-0.2, 0) is 10.2 Å². The molecule has 134 valence electrons. The van der Waals surface area contributed by atoms with E-state index in [1.165, 1.54) is 13.2 Å². The molecule has 0 spiro atoms. The van der Waals surface area contributed by atoms with E-state index in [0.717, 1.165) is 28.2 Å². The number of carbonyl (C=O) groups excluding carboxylic acids is 1. The minimum atomic E-state index is -1.00. The van der Waals surface area contributed by atoms with Crippen molar-refractivity contribution in [2.75, 3.05) is 23.1 Å². The normalized spacial score (nSPS) is 19.0. The Kier molecular flexibility index (Phi) is 3.37. The van der Waals surface area contributed by atoms with E-state index >= 15 is 0 Å². The Hall–Kier alpha value is -3.22. The number of rotatable bonds is 3. The average Bonchev–Trinajstić information content (AvgIpc) is 3.11. The molecule has 1 amide bonds. The van der Waals surface area contributed by atoms with E-state index in [0.29, 0.717) is 5.75 Å². The van der Waals surface area contributed by atoms with Crippen molar-refractivity contribution in [2.24, 2.45) is 0 Å². The molecule has 2 aliphatic heterocycles. The first-order valence-corrected chi connectivity index (χ1v) is 8.25. The maximum Gasteiger partial charge on any atom is 0.335 e. The number of hydrogen-bond donors (Lipinski definition) is 4. The minimum absolute atomic E-state index is 0.0151. The summed E-state index contributed by atoms with van der Waals surface area (Å²) in [6, 6.07) is 8.69. The van der Waals surface area contributed by atoms with Crippen molar-refractivity contribution in [3.63, 3.8) is 0 Å². The molecule has 0 saturated heterocycles. The molecule has 0 aromatic heterocycles. The number of methoxy groups -OCH3 is 1. The van der Waals surface area contributed by atoms with Gasteiger partial charge in [0.1, 0.15) is 11.9 Å². The smallest absolute Gasteiger partial charge is 0.335 e. The van der Waals surface area contributed by atoms with Crippen molar-refractivity contribution >= 4 is 28.9 Å². The zero-order valence-electron chi connectivity index (χ0n) is 14.6. The Morgan fingerprint density at radius 2 is 1.81 bits per heavy atom. The number of carboxylic acids is 1. The molecule has 2 aliphatic rings. The molecule has 0 radical (unpaired) electrons. The van der Waals surface area contributed by atoms with Gasteiger partial charge in [-0.2, -0.15) is 0 Å². The van der Waals surface area contributed by atoms with E-state index in [1.807, 2.05) is 26.0 Å². The van der Waals surface area contributed by atoms with Gasteiger partial charge in [-0.1, -0.05) is 6.07 Å². The van der Waals surface area contributed by atoms with Gasteiger partial charge in [0, 0.05) is 11.3 Å². The molecule has 1 unspecified atom stereocenters. The zero-order valence-corrected chi connectivity index (χ0v) is 14.6. The largest absolute Gasteiger partial charge is 0.496 e. The fraction of sp³-hybridized carbons (Fsp3) is 0.263. The molecule has 1 atom stereocenters. The lowest BCUT2D eigenvalue weighted by Gasteiger charge is -2.17. The van der Waals surface area contributed by atoms with E-state index < -0.39 is 11.4 Å². The van der Waals surface area contributed by atoms with Crippen LogP contribution in [0.4, 0.5) is 17.1 Å². The number of carboxylic acid groups (broad SMARTS) is 1. The van der Waals surface area contributed by atoms with Crippen LogP contribution in [0, 0.1) is 0 Å². The summed E-state index contributed by atoms with van der Waals surface area (Å²) in [5.74, 6) is -0.526. The van der Waals surface area contributed by atoms with Crippen LogP contribution in [0.3, 0.4) is 0 Å². The van der Waals surface area contributed by atoms with Gasteiger partial charge in [0.25, 0.3) is 0 Å². The summed E-state index contributed by atoms with van der Waals surface area (Å²) in [6.07, 6.45) is -0.260. The summed E-state index contributed by atoms with van der Waals surface area (Å²) in [4.78, 5) is 23.3. The van der Waals surface area contributed by atoms with E-state index in [1.54, 1.807) is 12.1 Å². The van der Waals surface area contributed by atoms with Gasteiger partial charge < -0.3 is 25.8 Å². The van der Waals surface area contributed by atoms with Crippen LogP contribution in [0.1, 0.15) is 41.5 Å². The van der Waals surface area contributed by atoms with Crippen molar-refractivity contribution in [3.05, 3.63) is 47.0 Å². The molecule has 7 nitrogen and oxygen atoms in total. The molecule has 2 aromatic carbocycles. The number of amides is 1. The molecule has 4 rings (SSSR count). The third-order valence-electron chi connectivity index (χ3n) is 5.04. The maximum absolute atomic E-state index is 12.1. The van der Waals surface area contributed by atoms with E-state index in [9.17, 15) is 9.59 Å². The van der Waals surface area contributed by atoms with Crippen molar-refractivity contribution in [1.29, 1.82) is 0 Å². The average molecular weight is 353 g/mol. The first-order chi connectivity index (χ1) is 12.3. The molecule has 2 heterocycles. The summed E-state index contributed by atoms with van der Waals surface area (Å²) in [7, 11) is 1.51. The van der Waals surface area contributed by atoms with Gasteiger partial charge in [-0.05, 0) is 43.7 Å². The van der Waals surface area contributed by atoms with Crippen LogP contribution in [-0.4, -0.2) is 24.1 Å². The highest BCUT2D eigenvalue weighted by Crippen LogP contribution is 2.46. The summed E-state index contributed by atoms with van der Waals surface area (Å²) < 4.78 is 5.37. The van der Waals surface area contributed by atoms with Crippen LogP contribution in [0.2, 0.25) is 0 Å². The molecule has 26 heavy (non-hydrogen) atoms. The first-order valence-electron chi connectivity index (χ1n) is 8.25. The third-order valence-corrected chi connectivity index (χ3v) is 5.04. The fourth-order valence-corrected chi connectivity index (χ4v) is 3.45. The van der Waals surface area contributed by atoms with Crippen LogP contribution in [0.15, 0.2) is 30.3 Å². The molecule has 2 aromatic rings. The van der Waals surface area contributed by atoms with Gasteiger partial charge in [0.15, 0.2) is 0 Å². The Morgan fingerprint density at radius 3 is 2.46 bits per heavy atom. The number of carbonyl (C=O) groups is 2. The van der Waals surface area contributed by atoms with Crippen LogP contribution < -0.4 is 20.7 Å². The summed E-state index contributed by atoms with van der Waals surface area (Å²) in [6.45, 7) is 3.79. The number of fused-ring (bicyclic) bond motifs is 2. The van der Waals surface area contributed by atoms with E-state index in [-0.39, 0.29) is 17.6 Å². The van der Waals surface area contributed by atoms with Crippen LogP contribution in [0.5, 0.6) is 5.75 Å². The standard InChI is InChI=1S/C19H19N3O4/c1-19(2)11-7-13-14(8-12(11)22-18(19)25)21-16(20-13)10-5-4-9(17(23)24)6-15(10)26-3/h4-8,16,20-21H,1-3H3,(H,22,25)(H,23,24). The lowest BCUT2D eigenvalue weighted by Crippen LogP contribution is -2.26. The summed E-state index contributed by atoms with van der Waals surface area (Å²) in [5.41, 5.74) is 3.91. The van der Waals surface area contributed by atoms with Crippen molar-refractivity contribution in [2.45, 2.75) is 25.4 Å². The predicted octanol–water partition coefficient (Wildman–Crippen LogP) is 3.16. The maximum atomic E-state index is 12.1. The summed E-state index contributed by atoms with van der Waals surface area (Å²) in [5, 5.41) is 18.8. The SMILES string of the molecule is COc1cc(C(=O)O)ccc1C1Nc2cc3c(cc2N1)C(C)(C)C(=O)N3. The molecular formula is C19H19N3O4. The topological polar surface area (TPSA) is 99.7 Å². The van der Waals surface area contributed by atoms with Gasteiger partial charge in [0.05, 0.1) is 29.5 Å². The van der Waals surface area contributed by atoms with Crippen molar-refractivity contribution in [3.8, 4) is 5.75 Å². The highest BCUT2D eigenvalue weighted by Gasteiger charge is 2.40. The monoisotopic (exact) mass is 353 g/mol. The molecule has 0 saturated carbocycles.